The molecule has 2 atom stereocenters. The van der Waals surface area contributed by atoms with Crippen LogP contribution in [-0.4, -0.2) is 111 Å². The molecule has 13 nitrogen and oxygen atoms in total. The second-order valence-corrected chi connectivity index (χ2v) is 15.6. The van der Waals surface area contributed by atoms with E-state index in [0.717, 1.165) is 42.7 Å². The molecular weight excluding hydrogens is 779 g/mol. The SMILES string of the molecule is C=O.CNC(=O)CCN(C)c1nn(C)c2cc(C3CCN(C(C)C#Cc4cc(S(=O)N5CCC(Nc6ncc(OC(F)F)cn6)CC5)ccc4C(F)F)CC3)ccc12. The van der Waals surface area contributed by atoms with Crippen LogP contribution in [-0.2, 0) is 27.6 Å². The zero-order valence-corrected chi connectivity index (χ0v) is 33.8. The van der Waals surface area contributed by atoms with Crippen LogP contribution in [0.25, 0.3) is 10.9 Å². The first-order chi connectivity index (χ1) is 27.9. The highest BCUT2D eigenvalue weighted by Gasteiger charge is 2.27. The second kappa shape index (κ2) is 20.5. The zero-order valence-electron chi connectivity index (χ0n) is 33.0. The number of rotatable bonds is 13. The number of carbonyl (C=O) groups excluding carboxylic acids is 2. The summed E-state index contributed by atoms with van der Waals surface area (Å²) in [6.07, 6.45) is 3.05. The van der Waals surface area contributed by atoms with Crippen molar-refractivity contribution in [3.63, 3.8) is 0 Å². The van der Waals surface area contributed by atoms with Gasteiger partial charge >= 0.3 is 6.61 Å². The van der Waals surface area contributed by atoms with Crippen molar-refractivity contribution in [3.8, 4) is 17.6 Å². The van der Waals surface area contributed by atoms with E-state index in [1.807, 2.05) is 37.4 Å². The summed E-state index contributed by atoms with van der Waals surface area (Å²) in [4.78, 5) is 32.5. The predicted octanol–water partition coefficient (Wildman–Crippen LogP) is 5.51. The van der Waals surface area contributed by atoms with Gasteiger partial charge in [-0.25, -0.2) is 27.3 Å². The number of ether oxygens (including phenoxy) is 1. The smallest absolute Gasteiger partial charge is 0.387 e. The maximum absolute atomic E-state index is 14.1. The molecule has 6 rings (SSSR count). The van der Waals surface area contributed by atoms with Crippen molar-refractivity contribution in [2.45, 2.75) is 75.0 Å². The molecule has 2 fully saturated rings. The predicted molar refractivity (Wildman–Crippen MR) is 214 cm³/mol. The Kier molecular flexibility index (Phi) is 15.6. The minimum atomic E-state index is -2.96. The molecule has 2 aliphatic heterocycles. The summed E-state index contributed by atoms with van der Waals surface area (Å²) in [6.45, 7) is 4.12. The van der Waals surface area contributed by atoms with Gasteiger partial charge in [0.15, 0.2) is 11.6 Å². The van der Waals surface area contributed by atoms with Crippen molar-refractivity contribution in [3.05, 3.63) is 65.5 Å². The number of nitrogens with zero attached hydrogens (tertiary/aromatic N) is 7. The summed E-state index contributed by atoms with van der Waals surface area (Å²) in [7, 11) is 3.92. The molecule has 2 aliphatic rings. The summed E-state index contributed by atoms with van der Waals surface area (Å²) in [5, 5.41) is 11.6. The summed E-state index contributed by atoms with van der Waals surface area (Å²) < 4.78 is 74.5. The molecule has 312 valence electrons. The van der Waals surface area contributed by atoms with Gasteiger partial charge in [0.25, 0.3) is 6.43 Å². The molecule has 18 heteroatoms. The monoisotopic (exact) mass is 827 g/mol. The van der Waals surface area contributed by atoms with E-state index in [2.05, 4.69) is 60.3 Å². The van der Waals surface area contributed by atoms with E-state index in [-0.39, 0.29) is 40.8 Å². The van der Waals surface area contributed by atoms with Gasteiger partial charge in [0.05, 0.1) is 28.8 Å². The molecule has 4 heterocycles. The van der Waals surface area contributed by atoms with E-state index in [9.17, 15) is 26.6 Å². The molecule has 0 saturated carbocycles. The largest absolute Gasteiger partial charge is 0.432 e. The van der Waals surface area contributed by atoms with Gasteiger partial charge in [0, 0.05) is 69.8 Å². The summed E-state index contributed by atoms with van der Waals surface area (Å²) >= 11 is 0. The Labute approximate surface area is 338 Å². The molecule has 2 unspecified atom stereocenters. The van der Waals surface area contributed by atoms with E-state index in [1.54, 1.807) is 11.4 Å². The lowest BCUT2D eigenvalue weighted by Gasteiger charge is -2.34. The number of likely N-dealkylation sites (tertiary alicyclic amines) is 1. The molecule has 4 aromatic rings. The average molecular weight is 828 g/mol. The normalized spacial score (nSPS) is 16.6. The number of carbonyl (C=O) groups is 2. The van der Waals surface area contributed by atoms with E-state index in [1.165, 1.54) is 36.2 Å². The van der Waals surface area contributed by atoms with Crippen LogP contribution < -0.4 is 20.3 Å². The van der Waals surface area contributed by atoms with Crippen LogP contribution in [0.15, 0.2) is 53.7 Å². The van der Waals surface area contributed by atoms with Gasteiger partial charge in [0.1, 0.15) is 17.8 Å². The van der Waals surface area contributed by atoms with Gasteiger partial charge in [-0.05, 0) is 81.4 Å². The Morgan fingerprint density at radius 1 is 1.03 bits per heavy atom. The number of nitrogens with one attached hydrogen (secondary N) is 2. The van der Waals surface area contributed by atoms with Gasteiger partial charge in [-0.2, -0.15) is 13.9 Å². The first-order valence-electron chi connectivity index (χ1n) is 18.9. The molecular formula is C40H49F4N9O4S. The molecule has 0 aliphatic carbocycles. The highest BCUT2D eigenvalue weighted by atomic mass is 32.2. The molecule has 2 aromatic heterocycles. The third-order valence-corrected chi connectivity index (χ3v) is 12.0. The van der Waals surface area contributed by atoms with Gasteiger partial charge in [-0.15, -0.1) is 0 Å². The van der Waals surface area contributed by atoms with Crippen LogP contribution in [0.3, 0.4) is 0 Å². The third-order valence-electron chi connectivity index (χ3n) is 10.5. The highest BCUT2D eigenvalue weighted by Crippen LogP contribution is 2.34. The van der Waals surface area contributed by atoms with Crippen LogP contribution in [0.5, 0.6) is 5.75 Å². The van der Waals surface area contributed by atoms with Gasteiger partial charge in [-0.1, -0.05) is 24.0 Å². The number of hydrogen-bond donors (Lipinski definition) is 2. The van der Waals surface area contributed by atoms with Gasteiger partial charge in [0.2, 0.25) is 11.9 Å². The molecule has 58 heavy (non-hydrogen) atoms. The quantitative estimate of drug-likeness (QED) is 0.131. The Morgan fingerprint density at radius 3 is 2.36 bits per heavy atom. The number of benzene rings is 2. The Hall–Kier alpha value is -5.12. The van der Waals surface area contributed by atoms with Crippen LogP contribution in [0.2, 0.25) is 0 Å². The molecule has 2 saturated heterocycles. The van der Waals surface area contributed by atoms with Crippen LogP contribution in [0.1, 0.15) is 68.1 Å². The topological polar surface area (TPSA) is 138 Å². The number of piperidine rings is 2. The fourth-order valence-electron chi connectivity index (χ4n) is 7.18. The van der Waals surface area contributed by atoms with Crippen molar-refractivity contribution in [1.82, 2.24) is 34.3 Å². The summed E-state index contributed by atoms with van der Waals surface area (Å²) in [5.41, 5.74) is 2.26. The van der Waals surface area contributed by atoms with Gasteiger partial charge in [-0.3, -0.25) is 14.4 Å². The minimum Gasteiger partial charge on any atom is -0.432 e. The highest BCUT2D eigenvalue weighted by molar-refractivity contribution is 7.82. The number of hydrogen-bond acceptors (Lipinski definition) is 10. The van der Waals surface area contributed by atoms with E-state index in [4.69, 9.17) is 9.89 Å². The molecule has 0 bridgehead atoms. The Morgan fingerprint density at radius 2 is 1.72 bits per heavy atom. The molecule has 1 amide bonds. The molecule has 2 N–H and O–H groups in total. The fraction of sp³-hybridized carbons (Fsp3) is 0.475. The average Bonchev–Trinajstić information content (AvgIpc) is 3.58. The molecule has 0 radical (unpaired) electrons. The number of amides is 1. The van der Waals surface area contributed by atoms with Crippen LogP contribution in [0, 0.1) is 11.8 Å². The summed E-state index contributed by atoms with van der Waals surface area (Å²) in [5.74, 6) is 7.51. The Bertz CT molecular complexity index is 2080. The van der Waals surface area contributed by atoms with E-state index in [0.29, 0.717) is 49.7 Å². The lowest BCUT2D eigenvalue weighted by atomic mass is 9.88. The molecule has 2 aromatic carbocycles. The number of alkyl halides is 4. The second-order valence-electron chi connectivity index (χ2n) is 14.1. The maximum atomic E-state index is 14.1. The third kappa shape index (κ3) is 11.1. The van der Waals surface area contributed by atoms with Crippen molar-refractivity contribution in [2.24, 2.45) is 7.05 Å². The first kappa shape index (κ1) is 44.0. The lowest BCUT2D eigenvalue weighted by Crippen LogP contribution is -2.40. The van der Waals surface area contributed by atoms with E-state index >= 15 is 0 Å². The number of aromatic nitrogens is 4. The van der Waals surface area contributed by atoms with Crippen molar-refractivity contribution < 1.29 is 36.1 Å². The minimum absolute atomic E-state index is 0.0159. The summed E-state index contributed by atoms with van der Waals surface area (Å²) in [6, 6.07) is 10.6. The van der Waals surface area contributed by atoms with Crippen molar-refractivity contribution in [1.29, 1.82) is 0 Å². The van der Waals surface area contributed by atoms with Gasteiger partial charge < -0.3 is 25.1 Å². The van der Waals surface area contributed by atoms with Crippen LogP contribution >= 0.6 is 0 Å². The van der Waals surface area contributed by atoms with Crippen LogP contribution in [0.4, 0.5) is 29.3 Å². The number of aryl methyl sites for hydroxylation is 1. The van der Waals surface area contributed by atoms with E-state index < -0.39 is 24.0 Å². The lowest BCUT2D eigenvalue weighted by molar-refractivity contribution is -0.120. The molecule has 0 spiro atoms. The maximum Gasteiger partial charge on any atom is 0.387 e. The number of anilines is 2. The fourth-order valence-corrected chi connectivity index (χ4v) is 8.42. The first-order valence-corrected chi connectivity index (χ1v) is 20.1. The standard InChI is InChI=1S/C39H47F4N9O3S.CH2O/c1-25(51-17-11-26(12-18-51)27-7-9-33-34(22-27)50(4)48-37(33)49(3)16-15-35(53)44-2)5-6-28-21-31(8-10-32(28)36(40)41)56(54)52-19-13-29(14-20-52)47-39-45-23-30(24-46-39)55-38(42)43;1-2/h7-10,21-26,29,36,38H,11-20H2,1-4H3,(H,44,53)(H,45,46,47);1H2. The number of fused-ring (bicyclic) bond motifs is 1. The number of halogens is 4. The Balaban J connectivity index is 0.00000315. The van der Waals surface area contributed by atoms with Crippen molar-refractivity contribution in [2.75, 3.05) is 57.0 Å². The van der Waals surface area contributed by atoms with Crippen molar-refractivity contribution >= 4 is 46.4 Å². The zero-order chi connectivity index (χ0) is 41.9.